The fourth-order valence-corrected chi connectivity index (χ4v) is 1.58. The van der Waals surface area contributed by atoms with Crippen molar-refractivity contribution in [3.8, 4) is 0 Å². The second kappa shape index (κ2) is 4.82. The van der Waals surface area contributed by atoms with Crippen LogP contribution in [0.15, 0.2) is 48.7 Å². The van der Waals surface area contributed by atoms with E-state index in [2.05, 4.69) is 4.98 Å². The zero-order chi connectivity index (χ0) is 13.2. The first-order valence-electron chi connectivity index (χ1n) is 5.11. The van der Waals surface area contributed by atoms with Gasteiger partial charge in [0.1, 0.15) is 5.15 Å². The molecule has 0 saturated carbocycles. The highest BCUT2D eigenvalue weighted by Crippen LogP contribution is 2.31. The summed E-state index contributed by atoms with van der Waals surface area (Å²) in [6, 6.07) is 9.73. The van der Waals surface area contributed by atoms with Crippen molar-refractivity contribution in [1.29, 1.82) is 0 Å². The molecule has 0 spiro atoms. The average molecular weight is 268 g/mol. The van der Waals surface area contributed by atoms with E-state index in [-0.39, 0.29) is 10.7 Å². The van der Waals surface area contributed by atoms with Crippen LogP contribution < -0.4 is 0 Å². The summed E-state index contributed by atoms with van der Waals surface area (Å²) < 4.78 is 27.9. The van der Waals surface area contributed by atoms with Crippen LogP contribution in [0.5, 0.6) is 0 Å². The van der Waals surface area contributed by atoms with E-state index in [1.165, 1.54) is 30.3 Å². The molecule has 0 saturated heterocycles. The van der Waals surface area contributed by atoms with E-state index in [1.807, 2.05) is 0 Å². The standard InChI is InChI=1S/C13H8ClF2NO/c14-11-7-6-10(8-17-11)13(15,16)12(18)9-4-2-1-3-5-9/h1-8H. The molecule has 5 heteroatoms. The van der Waals surface area contributed by atoms with Crippen molar-refractivity contribution >= 4 is 17.4 Å². The fourth-order valence-electron chi connectivity index (χ4n) is 1.46. The smallest absolute Gasteiger partial charge is 0.287 e. The molecule has 0 bridgehead atoms. The number of ketones is 1. The topological polar surface area (TPSA) is 30.0 Å². The SMILES string of the molecule is O=C(c1ccccc1)C(F)(F)c1ccc(Cl)nc1. The minimum absolute atomic E-state index is 0.0440. The summed E-state index contributed by atoms with van der Waals surface area (Å²) in [6.07, 6.45) is 0.906. The largest absolute Gasteiger partial charge is 0.336 e. The molecule has 1 aromatic heterocycles. The molecule has 1 heterocycles. The van der Waals surface area contributed by atoms with Gasteiger partial charge >= 0.3 is 5.92 Å². The molecule has 0 radical (unpaired) electrons. The van der Waals surface area contributed by atoms with Crippen molar-refractivity contribution in [2.45, 2.75) is 5.92 Å². The van der Waals surface area contributed by atoms with Gasteiger partial charge in [0.25, 0.3) is 0 Å². The summed E-state index contributed by atoms with van der Waals surface area (Å²) in [5, 5.41) is 0.0988. The summed E-state index contributed by atoms with van der Waals surface area (Å²) in [4.78, 5) is 15.3. The zero-order valence-corrected chi connectivity index (χ0v) is 9.86. The van der Waals surface area contributed by atoms with E-state index in [1.54, 1.807) is 6.07 Å². The Balaban J connectivity index is 2.37. The number of benzene rings is 1. The van der Waals surface area contributed by atoms with Crippen LogP contribution in [0.4, 0.5) is 8.78 Å². The maximum Gasteiger partial charge on any atom is 0.336 e. The summed E-state index contributed by atoms with van der Waals surface area (Å²) in [5.41, 5.74) is -0.516. The molecule has 0 aliphatic heterocycles. The second-order valence-corrected chi connectivity index (χ2v) is 4.03. The van der Waals surface area contributed by atoms with Crippen molar-refractivity contribution in [3.63, 3.8) is 0 Å². The average Bonchev–Trinajstić information content (AvgIpc) is 2.39. The maximum absolute atomic E-state index is 13.9. The molecule has 2 nitrogen and oxygen atoms in total. The van der Waals surface area contributed by atoms with Gasteiger partial charge in [0.05, 0.1) is 0 Å². The number of rotatable bonds is 3. The van der Waals surface area contributed by atoms with Gasteiger partial charge in [0.15, 0.2) is 0 Å². The molecule has 92 valence electrons. The molecule has 1 aromatic carbocycles. The lowest BCUT2D eigenvalue weighted by molar-refractivity contribution is 0.00722. The lowest BCUT2D eigenvalue weighted by Crippen LogP contribution is -2.26. The number of Topliss-reactive ketones (excluding diaryl/α,β-unsaturated/α-hetero) is 1. The van der Waals surface area contributed by atoms with E-state index < -0.39 is 17.3 Å². The molecule has 0 amide bonds. The monoisotopic (exact) mass is 267 g/mol. The van der Waals surface area contributed by atoms with Crippen LogP contribution in [0.2, 0.25) is 5.15 Å². The van der Waals surface area contributed by atoms with Crippen LogP contribution in [-0.4, -0.2) is 10.8 Å². The van der Waals surface area contributed by atoms with E-state index in [0.717, 1.165) is 12.3 Å². The van der Waals surface area contributed by atoms with Gasteiger partial charge in [-0.25, -0.2) is 4.98 Å². The maximum atomic E-state index is 13.9. The molecule has 0 N–H and O–H groups in total. The molecule has 2 rings (SSSR count). The van der Waals surface area contributed by atoms with Crippen molar-refractivity contribution in [2.24, 2.45) is 0 Å². The summed E-state index contributed by atoms with van der Waals surface area (Å²) in [6.45, 7) is 0. The third-order valence-electron chi connectivity index (χ3n) is 2.41. The van der Waals surface area contributed by atoms with E-state index in [4.69, 9.17) is 11.6 Å². The number of halogens is 3. The number of alkyl halides is 2. The Morgan fingerprint density at radius 3 is 2.33 bits per heavy atom. The molecule has 0 atom stereocenters. The Labute approximate surface area is 107 Å². The van der Waals surface area contributed by atoms with E-state index >= 15 is 0 Å². The molecular formula is C13H8ClF2NO. The highest BCUT2D eigenvalue weighted by Gasteiger charge is 2.41. The molecular weight excluding hydrogens is 260 g/mol. The number of hydrogen-bond acceptors (Lipinski definition) is 2. The Kier molecular flexibility index (Phi) is 3.39. The van der Waals surface area contributed by atoms with Gasteiger partial charge in [-0.3, -0.25) is 4.79 Å². The summed E-state index contributed by atoms with van der Waals surface area (Å²) >= 11 is 5.52. The normalized spacial score (nSPS) is 11.3. The Hall–Kier alpha value is -1.81. The minimum atomic E-state index is -3.61. The second-order valence-electron chi connectivity index (χ2n) is 3.64. The number of nitrogens with zero attached hydrogens (tertiary/aromatic N) is 1. The molecule has 18 heavy (non-hydrogen) atoms. The fraction of sp³-hybridized carbons (Fsp3) is 0.0769. The minimum Gasteiger partial charge on any atom is -0.287 e. The number of hydrogen-bond donors (Lipinski definition) is 0. The van der Waals surface area contributed by atoms with Crippen LogP contribution in [0, 0.1) is 0 Å². The van der Waals surface area contributed by atoms with Crippen molar-refractivity contribution in [1.82, 2.24) is 4.98 Å². The third-order valence-corrected chi connectivity index (χ3v) is 2.63. The molecule has 0 aliphatic rings. The van der Waals surface area contributed by atoms with Gasteiger partial charge in [-0.15, -0.1) is 0 Å². The molecule has 0 unspecified atom stereocenters. The van der Waals surface area contributed by atoms with Crippen molar-refractivity contribution < 1.29 is 13.6 Å². The Morgan fingerprint density at radius 1 is 1.11 bits per heavy atom. The van der Waals surface area contributed by atoms with Crippen molar-refractivity contribution in [2.75, 3.05) is 0 Å². The zero-order valence-electron chi connectivity index (χ0n) is 9.11. The van der Waals surface area contributed by atoms with Gasteiger partial charge in [-0.1, -0.05) is 41.9 Å². The van der Waals surface area contributed by atoms with E-state index in [9.17, 15) is 13.6 Å². The number of pyridine rings is 1. The summed E-state index contributed by atoms with van der Waals surface area (Å²) in [7, 11) is 0. The Bertz CT molecular complexity index is 555. The Morgan fingerprint density at radius 2 is 1.78 bits per heavy atom. The van der Waals surface area contributed by atoms with Crippen LogP contribution >= 0.6 is 11.6 Å². The molecule has 0 aliphatic carbocycles. The lowest BCUT2D eigenvalue weighted by Gasteiger charge is -2.14. The summed E-state index contributed by atoms with van der Waals surface area (Å²) in [5.74, 6) is -4.87. The third kappa shape index (κ3) is 2.38. The highest BCUT2D eigenvalue weighted by molar-refractivity contribution is 6.29. The number of carbonyl (C=O) groups is 1. The van der Waals surface area contributed by atoms with Gasteiger partial charge in [-0.05, 0) is 12.1 Å². The van der Waals surface area contributed by atoms with Crippen LogP contribution in [0.1, 0.15) is 15.9 Å². The number of carbonyl (C=O) groups excluding carboxylic acids is 1. The predicted molar refractivity (Wildman–Crippen MR) is 63.9 cm³/mol. The van der Waals surface area contributed by atoms with Gasteiger partial charge in [0, 0.05) is 17.3 Å². The number of aromatic nitrogens is 1. The van der Waals surface area contributed by atoms with Crippen LogP contribution in [0.25, 0.3) is 0 Å². The van der Waals surface area contributed by atoms with E-state index in [0.29, 0.717) is 0 Å². The van der Waals surface area contributed by atoms with Crippen molar-refractivity contribution in [3.05, 3.63) is 64.9 Å². The van der Waals surface area contributed by atoms with Crippen LogP contribution in [-0.2, 0) is 5.92 Å². The highest BCUT2D eigenvalue weighted by atomic mass is 35.5. The first-order chi connectivity index (χ1) is 8.51. The first kappa shape index (κ1) is 12.6. The molecule has 0 fully saturated rings. The van der Waals surface area contributed by atoms with Gasteiger partial charge < -0.3 is 0 Å². The predicted octanol–water partition coefficient (Wildman–Crippen LogP) is 3.71. The quantitative estimate of drug-likeness (QED) is 0.627. The van der Waals surface area contributed by atoms with Gasteiger partial charge in [-0.2, -0.15) is 8.78 Å². The lowest BCUT2D eigenvalue weighted by atomic mass is 10.0. The first-order valence-corrected chi connectivity index (χ1v) is 5.49. The molecule has 2 aromatic rings. The van der Waals surface area contributed by atoms with Gasteiger partial charge in [0.2, 0.25) is 5.78 Å². The van der Waals surface area contributed by atoms with Crippen LogP contribution in [0.3, 0.4) is 0 Å².